The second-order valence-corrected chi connectivity index (χ2v) is 4.60. The minimum Gasteiger partial charge on any atom is -0.508 e. The van der Waals surface area contributed by atoms with Gasteiger partial charge in [0.1, 0.15) is 11.5 Å². The monoisotopic (exact) mass is 302 g/mol. The number of benzene rings is 2. The Bertz CT molecular complexity index is 698. The number of hydrogen-bond acceptors (Lipinski definition) is 6. The maximum atomic E-state index is 10.5. The van der Waals surface area contributed by atoms with Crippen LogP contribution >= 0.6 is 0 Å². The van der Waals surface area contributed by atoms with Gasteiger partial charge < -0.3 is 15.3 Å². The van der Waals surface area contributed by atoms with Crippen molar-refractivity contribution in [3.8, 4) is 11.5 Å². The van der Waals surface area contributed by atoms with Crippen LogP contribution in [0.4, 0.5) is 5.69 Å². The quantitative estimate of drug-likeness (QED) is 0.444. The molecule has 0 saturated heterocycles. The first-order valence-corrected chi connectivity index (χ1v) is 6.41. The Hall–Kier alpha value is -2.93. The molecular weight excluding hydrogens is 288 g/mol. The lowest BCUT2D eigenvalue weighted by Crippen LogP contribution is -2.02. The molecule has 0 aliphatic carbocycles. The van der Waals surface area contributed by atoms with Gasteiger partial charge in [-0.2, -0.15) is 0 Å². The van der Waals surface area contributed by atoms with Crippen molar-refractivity contribution in [3.05, 3.63) is 63.7 Å². The van der Waals surface area contributed by atoms with Crippen LogP contribution in [0.2, 0.25) is 0 Å². The zero-order valence-corrected chi connectivity index (χ0v) is 11.5. The lowest BCUT2D eigenvalue weighted by atomic mass is 10.1. The third-order valence-corrected chi connectivity index (χ3v) is 3.01. The van der Waals surface area contributed by atoms with E-state index in [1.807, 2.05) is 0 Å². The molecule has 0 saturated carbocycles. The third-order valence-electron chi connectivity index (χ3n) is 3.01. The van der Waals surface area contributed by atoms with E-state index in [1.54, 1.807) is 0 Å². The number of nitrogens with zero attached hydrogens (tertiary/aromatic N) is 2. The van der Waals surface area contributed by atoms with E-state index in [-0.39, 0.29) is 23.7 Å². The van der Waals surface area contributed by atoms with E-state index in [9.17, 15) is 20.3 Å². The van der Waals surface area contributed by atoms with Crippen LogP contribution in [0.25, 0.3) is 0 Å². The molecule has 0 radical (unpaired) electrons. The van der Waals surface area contributed by atoms with Crippen molar-refractivity contribution in [2.75, 3.05) is 6.54 Å². The van der Waals surface area contributed by atoms with E-state index < -0.39 is 11.0 Å². The number of phenolic OH excluding ortho intramolecular Hbond substituents is 2. The van der Waals surface area contributed by atoms with Crippen LogP contribution < -0.4 is 0 Å². The van der Waals surface area contributed by atoms with Crippen molar-refractivity contribution in [2.45, 2.75) is 6.10 Å². The first kappa shape index (κ1) is 15.5. The van der Waals surface area contributed by atoms with E-state index in [0.29, 0.717) is 11.1 Å². The molecule has 0 aliphatic rings. The first-order valence-electron chi connectivity index (χ1n) is 6.41. The molecule has 0 bridgehead atoms. The largest absolute Gasteiger partial charge is 0.508 e. The molecule has 22 heavy (non-hydrogen) atoms. The lowest BCUT2D eigenvalue weighted by Gasteiger charge is -2.07. The number of non-ortho nitro benzene ring substituents is 1. The van der Waals surface area contributed by atoms with Crippen molar-refractivity contribution in [1.82, 2.24) is 0 Å². The number of nitro groups is 1. The molecule has 114 valence electrons. The van der Waals surface area contributed by atoms with Gasteiger partial charge in [0.05, 0.1) is 17.6 Å². The summed E-state index contributed by atoms with van der Waals surface area (Å²) in [5.41, 5.74) is 0.875. The Morgan fingerprint density at radius 3 is 2.45 bits per heavy atom. The fourth-order valence-electron chi connectivity index (χ4n) is 1.82. The topological polar surface area (TPSA) is 116 Å². The fourth-order valence-corrected chi connectivity index (χ4v) is 1.82. The molecule has 3 N–H and O–H groups in total. The first-order chi connectivity index (χ1) is 10.5. The average Bonchev–Trinajstić information content (AvgIpc) is 2.49. The predicted molar refractivity (Wildman–Crippen MR) is 80.3 cm³/mol. The van der Waals surface area contributed by atoms with E-state index in [4.69, 9.17) is 5.11 Å². The lowest BCUT2D eigenvalue weighted by molar-refractivity contribution is -0.384. The van der Waals surface area contributed by atoms with Gasteiger partial charge in [0.25, 0.3) is 5.69 Å². The standard InChI is InChI=1S/C15H14N2O5/c18-13-6-3-11(14(19)7-13)8-16-9-15(20)10-1-4-12(5-2-10)17(21)22/h1-8,15,18-20H,9H2/t15-/m0/s1. The van der Waals surface area contributed by atoms with E-state index >= 15 is 0 Å². The van der Waals surface area contributed by atoms with Gasteiger partial charge in [-0.15, -0.1) is 0 Å². The van der Waals surface area contributed by atoms with Crippen LogP contribution in [0.1, 0.15) is 17.2 Å². The fraction of sp³-hybridized carbons (Fsp3) is 0.133. The van der Waals surface area contributed by atoms with Crippen LogP contribution in [-0.4, -0.2) is 33.0 Å². The van der Waals surface area contributed by atoms with E-state index in [0.717, 1.165) is 0 Å². The Morgan fingerprint density at radius 1 is 1.18 bits per heavy atom. The molecule has 0 spiro atoms. The van der Waals surface area contributed by atoms with Crippen molar-refractivity contribution in [2.24, 2.45) is 4.99 Å². The molecule has 2 aromatic carbocycles. The maximum absolute atomic E-state index is 10.5. The Morgan fingerprint density at radius 2 is 1.86 bits per heavy atom. The molecule has 2 rings (SSSR count). The predicted octanol–water partition coefficient (Wildman–Crippen LogP) is 2.16. The highest BCUT2D eigenvalue weighted by Crippen LogP contribution is 2.21. The summed E-state index contributed by atoms with van der Waals surface area (Å²) in [6.45, 7) is 0.0398. The van der Waals surface area contributed by atoms with Gasteiger partial charge in [-0.25, -0.2) is 0 Å². The summed E-state index contributed by atoms with van der Waals surface area (Å²) in [5.74, 6) is -0.172. The molecule has 0 aliphatic heterocycles. The minimum absolute atomic E-state index is 0.0398. The van der Waals surface area contributed by atoms with Crippen LogP contribution in [0, 0.1) is 10.1 Å². The SMILES string of the molecule is O=[N+]([O-])c1ccc([C@@H](O)CN=Cc2ccc(O)cc2O)cc1. The maximum Gasteiger partial charge on any atom is 0.269 e. The molecule has 2 aromatic rings. The molecule has 1 atom stereocenters. The molecule has 0 aromatic heterocycles. The van der Waals surface area contributed by atoms with E-state index in [1.165, 1.54) is 48.7 Å². The second kappa shape index (κ2) is 6.68. The summed E-state index contributed by atoms with van der Waals surface area (Å²) in [6, 6.07) is 9.66. The molecular formula is C15H14N2O5. The van der Waals surface area contributed by atoms with Crippen molar-refractivity contribution >= 4 is 11.9 Å². The van der Waals surface area contributed by atoms with Crippen molar-refractivity contribution in [3.63, 3.8) is 0 Å². The highest BCUT2D eigenvalue weighted by molar-refractivity contribution is 5.83. The highest BCUT2D eigenvalue weighted by atomic mass is 16.6. The van der Waals surface area contributed by atoms with Crippen LogP contribution in [-0.2, 0) is 0 Å². The summed E-state index contributed by atoms with van der Waals surface area (Å²) in [6.07, 6.45) is 0.472. The number of aromatic hydroxyl groups is 2. The smallest absolute Gasteiger partial charge is 0.269 e. The number of nitro benzene ring substituents is 1. The van der Waals surface area contributed by atoms with Gasteiger partial charge in [-0.05, 0) is 29.8 Å². The van der Waals surface area contributed by atoms with E-state index in [2.05, 4.69) is 4.99 Å². The normalized spacial score (nSPS) is 12.4. The molecule has 0 unspecified atom stereocenters. The second-order valence-electron chi connectivity index (χ2n) is 4.60. The third kappa shape index (κ3) is 3.80. The zero-order chi connectivity index (χ0) is 16.1. The van der Waals surface area contributed by atoms with Crippen LogP contribution in [0.15, 0.2) is 47.5 Å². The van der Waals surface area contributed by atoms with Crippen molar-refractivity contribution in [1.29, 1.82) is 0 Å². The molecule has 7 nitrogen and oxygen atoms in total. The summed E-state index contributed by atoms with van der Waals surface area (Å²) in [7, 11) is 0. The van der Waals surface area contributed by atoms with Gasteiger partial charge in [-0.3, -0.25) is 15.1 Å². The minimum atomic E-state index is -0.906. The summed E-state index contributed by atoms with van der Waals surface area (Å²) < 4.78 is 0. The van der Waals surface area contributed by atoms with Crippen LogP contribution in [0.5, 0.6) is 11.5 Å². The highest BCUT2D eigenvalue weighted by Gasteiger charge is 2.09. The van der Waals surface area contributed by atoms with Crippen molar-refractivity contribution < 1.29 is 20.2 Å². The number of phenols is 2. The zero-order valence-electron chi connectivity index (χ0n) is 11.5. The molecule has 0 heterocycles. The summed E-state index contributed by atoms with van der Waals surface area (Å²) >= 11 is 0. The number of rotatable bonds is 5. The average molecular weight is 302 g/mol. The number of hydrogen-bond donors (Lipinski definition) is 3. The molecule has 0 amide bonds. The Kier molecular flexibility index (Phi) is 4.70. The number of aliphatic hydroxyl groups excluding tert-OH is 1. The summed E-state index contributed by atoms with van der Waals surface area (Å²) in [4.78, 5) is 14.0. The van der Waals surface area contributed by atoms with Crippen LogP contribution in [0.3, 0.4) is 0 Å². The number of aliphatic hydroxyl groups is 1. The van der Waals surface area contributed by atoms with Gasteiger partial charge in [-0.1, -0.05) is 0 Å². The van der Waals surface area contributed by atoms with Gasteiger partial charge in [0.15, 0.2) is 0 Å². The molecule has 0 fully saturated rings. The van der Waals surface area contributed by atoms with Gasteiger partial charge in [0.2, 0.25) is 0 Å². The Labute approximate surface area is 126 Å². The molecule has 7 heteroatoms. The summed E-state index contributed by atoms with van der Waals surface area (Å²) in [5, 5.41) is 39.2. The number of aliphatic imine (C=N–C) groups is 1. The Balaban J connectivity index is 2.01. The van der Waals surface area contributed by atoms with Gasteiger partial charge >= 0.3 is 0 Å². The van der Waals surface area contributed by atoms with Gasteiger partial charge in [0, 0.05) is 30.0 Å².